The Morgan fingerprint density at radius 1 is 0.784 bits per heavy atom. The summed E-state index contributed by atoms with van der Waals surface area (Å²) in [6.07, 6.45) is 0. The minimum Gasteiger partial charge on any atom is -0.493 e. The highest BCUT2D eigenvalue weighted by Crippen LogP contribution is 2.38. The standard InChI is InChI=1S/C25H28N2O4.C2H2O4/c1-29-22-15-18(16-23(30-2)24(22)31-3)17-26-11-13-27(14-12-26)25(28)21-10-6-8-19-7-4-5-9-20(19)21;3-1(4)2(5)6/h4-10,15-16H,11-14,17H2,1-3H3;(H,3,4)(H,5,6). The molecule has 1 amide bonds. The SMILES string of the molecule is COc1cc(CN2CCN(C(=O)c3cccc4ccccc34)CC2)cc(OC)c1OC.O=C(O)C(=O)O. The number of benzene rings is 3. The van der Waals surface area contributed by atoms with Crippen LogP contribution in [0.2, 0.25) is 0 Å². The zero-order chi connectivity index (χ0) is 26.9. The Morgan fingerprint density at radius 3 is 1.89 bits per heavy atom. The quantitative estimate of drug-likeness (QED) is 0.481. The van der Waals surface area contributed by atoms with Crippen molar-refractivity contribution < 1.29 is 38.8 Å². The van der Waals surface area contributed by atoms with E-state index in [9.17, 15) is 4.79 Å². The Bertz CT molecular complexity index is 1230. The summed E-state index contributed by atoms with van der Waals surface area (Å²) in [6.45, 7) is 3.78. The zero-order valence-electron chi connectivity index (χ0n) is 21.0. The van der Waals surface area contributed by atoms with Crippen molar-refractivity contribution in [3.8, 4) is 17.2 Å². The fourth-order valence-corrected chi connectivity index (χ4v) is 4.18. The third kappa shape index (κ3) is 6.68. The average molecular weight is 511 g/mol. The molecule has 0 aromatic heterocycles. The van der Waals surface area contributed by atoms with Crippen LogP contribution in [0.3, 0.4) is 0 Å². The van der Waals surface area contributed by atoms with Crippen LogP contribution in [-0.4, -0.2) is 85.4 Å². The van der Waals surface area contributed by atoms with Crippen molar-refractivity contribution in [2.24, 2.45) is 0 Å². The molecule has 10 heteroatoms. The number of carbonyl (C=O) groups excluding carboxylic acids is 1. The van der Waals surface area contributed by atoms with Gasteiger partial charge in [-0.3, -0.25) is 9.69 Å². The molecule has 1 heterocycles. The molecule has 4 rings (SSSR count). The van der Waals surface area contributed by atoms with Gasteiger partial charge in [-0.15, -0.1) is 0 Å². The van der Waals surface area contributed by atoms with Crippen LogP contribution in [0.5, 0.6) is 17.2 Å². The summed E-state index contributed by atoms with van der Waals surface area (Å²) in [6, 6.07) is 17.9. The van der Waals surface area contributed by atoms with E-state index in [0.717, 1.165) is 41.5 Å². The van der Waals surface area contributed by atoms with E-state index in [1.165, 1.54) is 0 Å². The van der Waals surface area contributed by atoms with Gasteiger partial charge < -0.3 is 29.3 Å². The maximum atomic E-state index is 13.2. The van der Waals surface area contributed by atoms with Gasteiger partial charge in [0.1, 0.15) is 0 Å². The van der Waals surface area contributed by atoms with Gasteiger partial charge >= 0.3 is 11.9 Å². The first-order chi connectivity index (χ1) is 17.8. The van der Waals surface area contributed by atoms with Gasteiger partial charge in [-0.05, 0) is 34.5 Å². The molecule has 3 aromatic rings. The van der Waals surface area contributed by atoms with Gasteiger partial charge in [0.15, 0.2) is 11.5 Å². The summed E-state index contributed by atoms with van der Waals surface area (Å²) in [5.74, 6) is -1.64. The molecule has 1 aliphatic heterocycles. The predicted octanol–water partition coefficient (Wildman–Crippen LogP) is 2.98. The van der Waals surface area contributed by atoms with Gasteiger partial charge in [-0.1, -0.05) is 36.4 Å². The number of aliphatic carboxylic acids is 2. The lowest BCUT2D eigenvalue weighted by Gasteiger charge is -2.35. The van der Waals surface area contributed by atoms with Crippen LogP contribution in [0.15, 0.2) is 54.6 Å². The molecule has 0 spiro atoms. The third-order valence-corrected chi connectivity index (χ3v) is 5.99. The Kier molecular flexibility index (Phi) is 9.28. The number of carbonyl (C=O) groups is 3. The molecule has 0 aliphatic carbocycles. The molecular formula is C27H30N2O8. The van der Waals surface area contributed by atoms with Gasteiger partial charge in [-0.2, -0.15) is 0 Å². The first kappa shape index (κ1) is 27.3. The van der Waals surface area contributed by atoms with Crippen LogP contribution in [0.25, 0.3) is 10.8 Å². The van der Waals surface area contributed by atoms with Gasteiger partial charge in [-0.25, -0.2) is 9.59 Å². The van der Waals surface area contributed by atoms with E-state index >= 15 is 0 Å². The number of fused-ring (bicyclic) bond motifs is 1. The molecule has 196 valence electrons. The summed E-state index contributed by atoms with van der Waals surface area (Å²) in [5.41, 5.74) is 1.86. The van der Waals surface area contributed by atoms with Crippen molar-refractivity contribution in [2.75, 3.05) is 47.5 Å². The van der Waals surface area contributed by atoms with Crippen molar-refractivity contribution in [2.45, 2.75) is 6.54 Å². The number of hydrogen-bond donors (Lipinski definition) is 2. The highest BCUT2D eigenvalue weighted by Gasteiger charge is 2.24. The lowest BCUT2D eigenvalue weighted by atomic mass is 10.0. The fourth-order valence-electron chi connectivity index (χ4n) is 4.18. The maximum absolute atomic E-state index is 13.2. The number of nitrogens with zero attached hydrogens (tertiary/aromatic N) is 2. The summed E-state index contributed by atoms with van der Waals surface area (Å²) < 4.78 is 16.3. The molecular weight excluding hydrogens is 480 g/mol. The summed E-state index contributed by atoms with van der Waals surface area (Å²) >= 11 is 0. The van der Waals surface area contributed by atoms with Crippen LogP contribution >= 0.6 is 0 Å². The molecule has 2 N–H and O–H groups in total. The normalized spacial score (nSPS) is 13.3. The molecule has 1 aliphatic rings. The van der Waals surface area contributed by atoms with Crippen LogP contribution in [-0.2, 0) is 16.1 Å². The zero-order valence-corrected chi connectivity index (χ0v) is 21.0. The van der Waals surface area contributed by atoms with Gasteiger partial charge in [0.2, 0.25) is 5.75 Å². The fraction of sp³-hybridized carbons (Fsp3) is 0.296. The number of carboxylic acid groups (broad SMARTS) is 2. The van der Waals surface area contributed by atoms with Crippen molar-refractivity contribution in [3.63, 3.8) is 0 Å². The highest BCUT2D eigenvalue weighted by molar-refractivity contribution is 6.27. The van der Waals surface area contributed by atoms with Crippen LogP contribution in [0, 0.1) is 0 Å². The van der Waals surface area contributed by atoms with E-state index in [0.29, 0.717) is 30.3 Å². The largest absolute Gasteiger partial charge is 0.493 e. The van der Waals surface area contributed by atoms with Gasteiger partial charge in [0.25, 0.3) is 5.91 Å². The van der Waals surface area contributed by atoms with E-state index in [-0.39, 0.29) is 5.91 Å². The topological polar surface area (TPSA) is 126 Å². The molecule has 1 saturated heterocycles. The molecule has 1 fully saturated rings. The minimum atomic E-state index is -1.82. The summed E-state index contributed by atoms with van der Waals surface area (Å²) in [5, 5.41) is 16.9. The van der Waals surface area contributed by atoms with Crippen LogP contribution in [0.4, 0.5) is 0 Å². The first-order valence-corrected chi connectivity index (χ1v) is 11.5. The molecule has 0 radical (unpaired) electrons. The van der Waals surface area contributed by atoms with Crippen molar-refractivity contribution in [1.29, 1.82) is 0 Å². The Balaban J connectivity index is 0.000000568. The Morgan fingerprint density at radius 2 is 1.35 bits per heavy atom. The Hall–Kier alpha value is -4.31. The number of ether oxygens (including phenoxy) is 3. The number of piperazine rings is 1. The number of carboxylic acids is 2. The molecule has 0 unspecified atom stereocenters. The van der Waals surface area contributed by atoms with E-state index in [1.54, 1.807) is 21.3 Å². The van der Waals surface area contributed by atoms with Gasteiger partial charge in [0, 0.05) is 38.3 Å². The van der Waals surface area contributed by atoms with E-state index in [1.807, 2.05) is 59.5 Å². The van der Waals surface area contributed by atoms with Crippen molar-refractivity contribution >= 4 is 28.6 Å². The summed E-state index contributed by atoms with van der Waals surface area (Å²) in [4.78, 5) is 35.7. The number of hydrogen-bond acceptors (Lipinski definition) is 7. The molecule has 37 heavy (non-hydrogen) atoms. The molecule has 0 saturated carbocycles. The van der Waals surface area contributed by atoms with E-state index in [4.69, 9.17) is 34.0 Å². The maximum Gasteiger partial charge on any atom is 0.414 e. The van der Waals surface area contributed by atoms with E-state index < -0.39 is 11.9 Å². The monoisotopic (exact) mass is 510 g/mol. The smallest absolute Gasteiger partial charge is 0.414 e. The molecule has 0 atom stereocenters. The molecule has 3 aromatic carbocycles. The van der Waals surface area contributed by atoms with Crippen LogP contribution in [0.1, 0.15) is 15.9 Å². The number of rotatable bonds is 6. The second-order valence-electron chi connectivity index (χ2n) is 8.24. The number of amides is 1. The Labute approximate surface area is 214 Å². The average Bonchev–Trinajstić information content (AvgIpc) is 2.92. The van der Waals surface area contributed by atoms with Crippen molar-refractivity contribution in [3.05, 3.63) is 65.7 Å². The predicted molar refractivity (Wildman–Crippen MR) is 136 cm³/mol. The third-order valence-electron chi connectivity index (χ3n) is 5.99. The minimum absolute atomic E-state index is 0.101. The second-order valence-corrected chi connectivity index (χ2v) is 8.24. The van der Waals surface area contributed by atoms with Gasteiger partial charge in [0.05, 0.1) is 21.3 Å². The second kappa shape index (κ2) is 12.6. The summed E-state index contributed by atoms with van der Waals surface area (Å²) in [7, 11) is 4.85. The molecule has 0 bridgehead atoms. The number of methoxy groups -OCH3 is 3. The molecule has 10 nitrogen and oxygen atoms in total. The lowest BCUT2D eigenvalue weighted by molar-refractivity contribution is -0.159. The van der Waals surface area contributed by atoms with Crippen molar-refractivity contribution in [1.82, 2.24) is 9.80 Å². The van der Waals surface area contributed by atoms with E-state index in [2.05, 4.69) is 4.90 Å². The van der Waals surface area contributed by atoms with Crippen LogP contribution < -0.4 is 14.2 Å². The highest BCUT2D eigenvalue weighted by atomic mass is 16.5. The first-order valence-electron chi connectivity index (χ1n) is 11.5. The lowest BCUT2D eigenvalue weighted by Crippen LogP contribution is -2.48.